The molecule has 0 unspecified atom stereocenters. The van der Waals surface area contributed by atoms with Crippen molar-refractivity contribution in [2.24, 2.45) is 12.5 Å². The van der Waals surface area contributed by atoms with Crippen molar-refractivity contribution in [3.05, 3.63) is 48.3 Å². The summed E-state index contributed by atoms with van der Waals surface area (Å²) in [6.45, 7) is 5.25. The lowest BCUT2D eigenvalue weighted by Gasteiger charge is -2.40. The Morgan fingerprint density at radius 2 is 2.11 bits per heavy atom. The molecule has 0 saturated carbocycles. The molecule has 0 radical (unpaired) electrons. The Morgan fingerprint density at radius 3 is 2.81 bits per heavy atom. The summed E-state index contributed by atoms with van der Waals surface area (Å²) in [5.41, 5.74) is 0.656. The highest BCUT2D eigenvalue weighted by molar-refractivity contribution is 5.77. The first kappa shape index (κ1) is 19.4. The minimum atomic E-state index is -0.509. The smallest absolute Gasteiger partial charge is 0.313 e. The summed E-state index contributed by atoms with van der Waals surface area (Å²) < 4.78 is 13.1. The van der Waals surface area contributed by atoms with Crippen LogP contribution in [0.4, 0.5) is 0 Å². The molecule has 146 valence electrons. The molecule has 0 amide bonds. The molecule has 1 aromatic heterocycles. The van der Waals surface area contributed by atoms with E-state index in [2.05, 4.69) is 10.00 Å². The van der Waals surface area contributed by atoms with E-state index in [1.54, 1.807) is 0 Å². The molecule has 6 heteroatoms. The van der Waals surface area contributed by atoms with Crippen LogP contribution in [-0.2, 0) is 23.1 Å². The third kappa shape index (κ3) is 5.10. The van der Waals surface area contributed by atoms with Crippen LogP contribution in [0.15, 0.2) is 42.7 Å². The van der Waals surface area contributed by atoms with Gasteiger partial charge in [0.15, 0.2) is 0 Å². The summed E-state index contributed by atoms with van der Waals surface area (Å²) in [7, 11) is 1.92. The van der Waals surface area contributed by atoms with Crippen LogP contribution in [0.3, 0.4) is 0 Å². The number of ether oxygens (including phenoxy) is 2. The van der Waals surface area contributed by atoms with Crippen LogP contribution in [0.5, 0.6) is 5.75 Å². The Labute approximate surface area is 161 Å². The van der Waals surface area contributed by atoms with E-state index >= 15 is 0 Å². The summed E-state index contributed by atoms with van der Waals surface area (Å²) in [6, 6.07) is 9.74. The van der Waals surface area contributed by atoms with E-state index in [9.17, 15) is 4.79 Å². The fourth-order valence-corrected chi connectivity index (χ4v) is 3.81. The maximum absolute atomic E-state index is 12.8. The number of aromatic nitrogens is 2. The lowest BCUT2D eigenvalue weighted by molar-refractivity contribution is -0.160. The standard InChI is InChI=1S/C21H29N3O3/c1-3-26-20(25)21(11-13-27-19-8-5-4-6-9-19)10-7-12-24(17-21)16-18-14-22-23(2)15-18/h4-6,8-9,14-15H,3,7,10-13,16-17H2,1-2H3/t21-/m1/s1. The van der Waals surface area contributed by atoms with Crippen LogP contribution in [0.2, 0.25) is 0 Å². The second-order valence-corrected chi connectivity index (χ2v) is 7.25. The van der Waals surface area contributed by atoms with Gasteiger partial charge in [-0.15, -0.1) is 0 Å². The van der Waals surface area contributed by atoms with Crippen molar-refractivity contribution < 1.29 is 14.3 Å². The first-order valence-corrected chi connectivity index (χ1v) is 9.66. The number of hydrogen-bond acceptors (Lipinski definition) is 5. The second kappa shape index (κ2) is 9.04. The molecule has 0 bridgehead atoms. The lowest BCUT2D eigenvalue weighted by Crippen LogP contribution is -2.49. The molecule has 1 fully saturated rings. The number of esters is 1. The van der Waals surface area contributed by atoms with Gasteiger partial charge in [-0.2, -0.15) is 5.10 Å². The molecule has 27 heavy (non-hydrogen) atoms. The molecule has 0 N–H and O–H groups in total. The Bertz CT molecular complexity index is 731. The van der Waals surface area contributed by atoms with Crippen molar-refractivity contribution in [2.45, 2.75) is 32.7 Å². The van der Waals surface area contributed by atoms with Crippen LogP contribution in [-0.4, -0.2) is 47.0 Å². The van der Waals surface area contributed by atoms with E-state index in [1.165, 1.54) is 0 Å². The van der Waals surface area contributed by atoms with Gasteiger partial charge in [-0.1, -0.05) is 18.2 Å². The largest absolute Gasteiger partial charge is 0.494 e. The van der Waals surface area contributed by atoms with Crippen LogP contribution in [0.1, 0.15) is 31.7 Å². The van der Waals surface area contributed by atoms with Crippen LogP contribution < -0.4 is 4.74 Å². The third-order valence-corrected chi connectivity index (χ3v) is 5.12. The van der Waals surface area contributed by atoms with Crippen LogP contribution in [0, 0.1) is 5.41 Å². The zero-order valence-electron chi connectivity index (χ0n) is 16.3. The van der Waals surface area contributed by atoms with Gasteiger partial charge in [0.05, 0.1) is 24.8 Å². The predicted molar refractivity (Wildman–Crippen MR) is 103 cm³/mol. The van der Waals surface area contributed by atoms with Crippen molar-refractivity contribution in [2.75, 3.05) is 26.3 Å². The van der Waals surface area contributed by atoms with Gasteiger partial charge in [0.2, 0.25) is 0 Å². The lowest BCUT2D eigenvalue weighted by atomic mass is 9.77. The minimum Gasteiger partial charge on any atom is -0.494 e. The van der Waals surface area contributed by atoms with Gasteiger partial charge in [0.25, 0.3) is 0 Å². The maximum Gasteiger partial charge on any atom is 0.313 e. The molecular formula is C21H29N3O3. The summed E-state index contributed by atoms with van der Waals surface area (Å²) in [5.74, 6) is 0.733. The Balaban J connectivity index is 1.66. The number of carbonyl (C=O) groups is 1. The summed E-state index contributed by atoms with van der Waals surface area (Å²) in [5, 5.41) is 4.24. The number of nitrogens with zero attached hydrogens (tertiary/aromatic N) is 3. The molecule has 0 spiro atoms. The summed E-state index contributed by atoms with van der Waals surface area (Å²) >= 11 is 0. The molecule has 0 aliphatic carbocycles. The van der Waals surface area contributed by atoms with Gasteiger partial charge in [-0.05, 0) is 44.9 Å². The zero-order chi connectivity index (χ0) is 19.1. The number of piperidine rings is 1. The molecular weight excluding hydrogens is 342 g/mol. The Morgan fingerprint density at radius 1 is 1.30 bits per heavy atom. The zero-order valence-corrected chi connectivity index (χ0v) is 16.3. The first-order chi connectivity index (χ1) is 13.1. The maximum atomic E-state index is 12.8. The fourth-order valence-electron chi connectivity index (χ4n) is 3.81. The van der Waals surface area contributed by atoms with E-state index in [-0.39, 0.29) is 5.97 Å². The number of rotatable bonds is 8. The number of hydrogen-bond donors (Lipinski definition) is 0. The van der Waals surface area contributed by atoms with E-state index in [0.717, 1.165) is 37.2 Å². The molecule has 2 aromatic rings. The molecule has 3 rings (SSSR count). The Hall–Kier alpha value is -2.34. The highest BCUT2D eigenvalue weighted by Crippen LogP contribution is 2.36. The SMILES string of the molecule is CCOC(=O)[C@@]1(CCOc2ccccc2)CCCN(Cc2cnn(C)c2)C1. The molecule has 1 aromatic carbocycles. The highest BCUT2D eigenvalue weighted by atomic mass is 16.5. The second-order valence-electron chi connectivity index (χ2n) is 7.25. The number of aryl methyl sites for hydroxylation is 1. The molecule has 6 nitrogen and oxygen atoms in total. The van der Waals surface area contributed by atoms with Gasteiger partial charge in [0, 0.05) is 31.9 Å². The van der Waals surface area contributed by atoms with Gasteiger partial charge < -0.3 is 9.47 Å². The van der Waals surface area contributed by atoms with Gasteiger partial charge in [-0.3, -0.25) is 14.4 Å². The molecule has 2 heterocycles. The number of para-hydroxylation sites is 1. The van der Waals surface area contributed by atoms with E-state index < -0.39 is 5.41 Å². The van der Waals surface area contributed by atoms with E-state index in [4.69, 9.17) is 9.47 Å². The van der Waals surface area contributed by atoms with E-state index in [0.29, 0.717) is 26.2 Å². The van der Waals surface area contributed by atoms with Gasteiger partial charge >= 0.3 is 5.97 Å². The van der Waals surface area contributed by atoms with E-state index in [1.807, 2.05) is 61.4 Å². The van der Waals surface area contributed by atoms with Crippen molar-refractivity contribution in [1.29, 1.82) is 0 Å². The molecule has 1 saturated heterocycles. The van der Waals surface area contributed by atoms with Crippen LogP contribution >= 0.6 is 0 Å². The molecule has 1 aliphatic heterocycles. The molecule has 1 atom stereocenters. The summed E-state index contributed by atoms with van der Waals surface area (Å²) in [4.78, 5) is 15.2. The average molecular weight is 371 g/mol. The monoisotopic (exact) mass is 371 g/mol. The highest BCUT2D eigenvalue weighted by Gasteiger charge is 2.43. The summed E-state index contributed by atoms with van der Waals surface area (Å²) in [6.07, 6.45) is 6.39. The quantitative estimate of drug-likeness (QED) is 0.668. The van der Waals surface area contributed by atoms with Crippen molar-refractivity contribution in [3.63, 3.8) is 0 Å². The molecule has 1 aliphatic rings. The first-order valence-electron chi connectivity index (χ1n) is 9.66. The van der Waals surface area contributed by atoms with Crippen molar-refractivity contribution >= 4 is 5.97 Å². The topological polar surface area (TPSA) is 56.6 Å². The van der Waals surface area contributed by atoms with Crippen LogP contribution in [0.25, 0.3) is 0 Å². The number of carbonyl (C=O) groups excluding carboxylic acids is 1. The average Bonchev–Trinajstić information content (AvgIpc) is 3.08. The third-order valence-electron chi connectivity index (χ3n) is 5.12. The van der Waals surface area contributed by atoms with Crippen molar-refractivity contribution in [1.82, 2.24) is 14.7 Å². The number of likely N-dealkylation sites (tertiary alicyclic amines) is 1. The van der Waals surface area contributed by atoms with Gasteiger partial charge in [0.1, 0.15) is 5.75 Å². The Kier molecular flexibility index (Phi) is 6.50. The van der Waals surface area contributed by atoms with Gasteiger partial charge in [-0.25, -0.2) is 0 Å². The fraction of sp³-hybridized carbons (Fsp3) is 0.524. The minimum absolute atomic E-state index is 0.0995. The van der Waals surface area contributed by atoms with Crippen molar-refractivity contribution in [3.8, 4) is 5.75 Å². The number of benzene rings is 1. The predicted octanol–water partition coefficient (Wildman–Crippen LogP) is 3.03. The normalized spacial score (nSPS) is 20.4.